The molecule has 0 aromatic heterocycles. The van der Waals surface area contributed by atoms with E-state index in [2.05, 4.69) is 0 Å². The summed E-state index contributed by atoms with van der Waals surface area (Å²) < 4.78 is 5.59. The Labute approximate surface area is 125 Å². The molecule has 0 saturated heterocycles. The highest BCUT2D eigenvalue weighted by Gasteiger charge is 2.16. The van der Waals surface area contributed by atoms with Crippen molar-refractivity contribution in [2.75, 3.05) is 13.7 Å². The van der Waals surface area contributed by atoms with Gasteiger partial charge < -0.3 is 9.64 Å². The highest BCUT2D eigenvalue weighted by atomic mass is 16.5. The minimum Gasteiger partial charge on any atom is -0.493 e. The predicted octanol–water partition coefficient (Wildman–Crippen LogP) is 3.28. The number of ether oxygens (including phenoxy) is 1. The minimum absolute atomic E-state index is 0.0484. The van der Waals surface area contributed by atoms with Gasteiger partial charge in [-0.3, -0.25) is 4.79 Å². The summed E-state index contributed by atoms with van der Waals surface area (Å²) >= 11 is 0. The van der Waals surface area contributed by atoms with Gasteiger partial charge in [-0.25, -0.2) is 0 Å². The van der Waals surface area contributed by atoms with Gasteiger partial charge in [0.2, 0.25) is 0 Å². The Balaban J connectivity index is 1.75. The van der Waals surface area contributed by atoms with Crippen molar-refractivity contribution in [3.8, 4) is 5.75 Å². The number of hydrogen-bond acceptors (Lipinski definition) is 2. The molecule has 1 amide bonds. The Morgan fingerprint density at radius 1 is 1.19 bits per heavy atom. The molecule has 0 saturated carbocycles. The number of hydrogen-bond donors (Lipinski definition) is 0. The molecule has 0 N–H and O–H groups in total. The van der Waals surface area contributed by atoms with E-state index in [-0.39, 0.29) is 5.91 Å². The molecular formula is C18H19NO2. The summed E-state index contributed by atoms with van der Waals surface area (Å²) in [6, 6.07) is 15.8. The van der Waals surface area contributed by atoms with Gasteiger partial charge in [-0.2, -0.15) is 0 Å². The first-order valence-corrected chi connectivity index (χ1v) is 7.29. The smallest absolute Gasteiger partial charge is 0.253 e. The van der Waals surface area contributed by atoms with E-state index in [1.54, 1.807) is 4.90 Å². The van der Waals surface area contributed by atoms with Crippen molar-refractivity contribution in [3.05, 3.63) is 65.2 Å². The van der Waals surface area contributed by atoms with Crippen LogP contribution in [-0.2, 0) is 13.0 Å². The summed E-state index contributed by atoms with van der Waals surface area (Å²) in [5, 5.41) is 0. The molecule has 0 atom stereocenters. The zero-order valence-corrected chi connectivity index (χ0v) is 12.2. The molecule has 108 valence electrons. The zero-order valence-electron chi connectivity index (χ0n) is 12.2. The Morgan fingerprint density at radius 3 is 2.81 bits per heavy atom. The van der Waals surface area contributed by atoms with E-state index in [9.17, 15) is 4.79 Å². The second-order valence-electron chi connectivity index (χ2n) is 5.42. The standard InChI is InChI=1S/C18H19NO2/c1-19(13-14-6-3-2-4-7-14)18(20)16-9-10-17-15(12-16)8-5-11-21-17/h2-4,6-7,9-10,12H,5,8,11,13H2,1H3. The van der Waals surface area contributed by atoms with Crippen LogP contribution in [0.4, 0.5) is 0 Å². The average molecular weight is 281 g/mol. The molecule has 0 radical (unpaired) electrons. The number of amides is 1. The van der Waals surface area contributed by atoms with Gasteiger partial charge in [-0.1, -0.05) is 30.3 Å². The number of fused-ring (bicyclic) bond motifs is 1. The summed E-state index contributed by atoms with van der Waals surface area (Å²) in [7, 11) is 1.84. The van der Waals surface area contributed by atoms with Crippen molar-refractivity contribution >= 4 is 5.91 Å². The van der Waals surface area contributed by atoms with Gasteiger partial charge >= 0.3 is 0 Å². The average Bonchev–Trinajstić information content (AvgIpc) is 2.54. The molecule has 0 fully saturated rings. The molecule has 1 heterocycles. The largest absolute Gasteiger partial charge is 0.493 e. The van der Waals surface area contributed by atoms with Gasteiger partial charge in [0.05, 0.1) is 6.61 Å². The second kappa shape index (κ2) is 6.00. The monoisotopic (exact) mass is 281 g/mol. The SMILES string of the molecule is CN(Cc1ccccc1)C(=O)c1ccc2c(c1)CCCO2. The van der Waals surface area contributed by atoms with Crippen molar-refractivity contribution in [2.45, 2.75) is 19.4 Å². The molecule has 0 bridgehead atoms. The molecule has 3 rings (SSSR count). The molecule has 2 aromatic carbocycles. The van der Waals surface area contributed by atoms with E-state index in [1.165, 1.54) is 0 Å². The van der Waals surface area contributed by atoms with Crippen LogP contribution >= 0.6 is 0 Å². The van der Waals surface area contributed by atoms with Gasteiger partial charge in [0.25, 0.3) is 5.91 Å². The van der Waals surface area contributed by atoms with Crippen LogP contribution in [0.3, 0.4) is 0 Å². The number of nitrogens with zero attached hydrogens (tertiary/aromatic N) is 1. The normalized spacial score (nSPS) is 13.2. The number of rotatable bonds is 3. The van der Waals surface area contributed by atoms with Gasteiger partial charge in [-0.05, 0) is 42.2 Å². The van der Waals surface area contributed by atoms with Gasteiger partial charge in [0, 0.05) is 19.2 Å². The lowest BCUT2D eigenvalue weighted by molar-refractivity contribution is 0.0785. The van der Waals surface area contributed by atoms with E-state index in [4.69, 9.17) is 4.74 Å². The fourth-order valence-electron chi connectivity index (χ4n) is 2.64. The van der Waals surface area contributed by atoms with Gasteiger partial charge in [0.1, 0.15) is 5.75 Å². The van der Waals surface area contributed by atoms with E-state index < -0.39 is 0 Å². The molecule has 21 heavy (non-hydrogen) atoms. The maximum absolute atomic E-state index is 12.5. The van der Waals surface area contributed by atoms with Crippen molar-refractivity contribution in [1.82, 2.24) is 4.90 Å². The van der Waals surface area contributed by atoms with E-state index in [0.717, 1.165) is 41.9 Å². The highest BCUT2D eigenvalue weighted by Crippen LogP contribution is 2.26. The molecule has 0 spiro atoms. The van der Waals surface area contributed by atoms with Gasteiger partial charge in [-0.15, -0.1) is 0 Å². The van der Waals surface area contributed by atoms with Crippen LogP contribution in [0.2, 0.25) is 0 Å². The van der Waals surface area contributed by atoms with E-state index >= 15 is 0 Å². The van der Waals surface area contributed by atoms with Crippen LogP contribution in [0.1, 0.15) is 27.9 Å². The molecule has 3 nitrogen and oxygen atoms in total. The molecule has 1 aliphatic rings. The lowest BCUT2D eigenvalue weighted by Gasteiger charge is -2.20. The topological polar surface area (TPSA) is 29.5 Å². The summed E-state index contributed by atoms with van der Waals surface area (Å²) in [6.45, 7) is 1.39. The van der Waals surface area contributed by atoms with Crippen LogP contribution < -0.4 is 4.74 Å². The first-order valence-electron chi connectivity index (χ1n) is 7.29. The third kappa shape index (κ3) is 3.07. The molecule has 0 unspecified atom stereocenters. The second-order valence-corrected chi connectivity index (χ2v) is 5.42. The number of carbonyl (C=O) groups is 1. The van der Waals surface area contributed by atoms with Crippen molar-refractivity contribution < 1.29 is 9.53 Å². The first kappa shape index (κ1) is 13.7. The summed E-state index contributed by atoms with van der Waals surface area (Å²) in [4.78, 5) is 14.3. The van der Waals surface area contributed by atoms with Crippen LogP contribution in [-0.4, -0.2) is 24.5 Å². The maximum Gasteiger partial charge on any atom is 0.253 e. The van der Waals surface area contributed by atoms with Crippen LogP contribution in [0.25, 0.3) is 0 Å². The maximum atomic E-state index is 12.5. The third-order valence-corrected chi connectivity index (χ3v) is 3.76. The van der Waals surface area contributed by atoms with Gasteiger partial charge in [0.15, 0.2) is 0 Å². The fourth-order valence-corrected chi connectivity index (χ4v) is 2.64. The Hall–Kier alpha value is -2.29. The van der Waals surface area contributed by atoms with Crippen molar-refractivity contribution in [2.24, 2.45) is 0 Å². The number of benzene rings is 2. The quantitative estimate of drug-likeness (QED) is 0.864. The van der Waals surface area contributed by atoms with Crippen molar-refractivity contribution in [1.29, 1.82) is 0 Å². The lowest BCUT2D eigenvalue weighted by atomic mass is 10.0. The fraction of sp³-hybridized carbons (Fsp3) is 0.278. The minimum atomic E-state index is 0.0484. The Morgan fingerprint density at radius 2 is 2.00 bits per heavy atom. The van der Waals surface area contributed by atoms with Crippen LogP contribution in [0.5, 0.6) is 5.75 Å². The predicted molar refractivity (Wildman–Crippen MR) is 82.5 cm³/mol. The zero-order chi connectivity index (χ0) is 14.7. The van der Waals surface area contributed by atoms with E-state index in [1.807, 2.05) is 55.6 Å². The molecule has 3 heteroatoms. The van der Waals surface area contributed by atoms with Crippen LogP contribution in [0.15, 0.2) is 48.5 Å². The summed E-state index contributed by atoms with van der Waals surface area (Å²) in [5.74, 6) is 0.968. The van der Waals surface area contributed by atoms with Crippen molar-refractivity contribution in [3.63, 3.8) is 0 Å². The molecule has 2 aromatic rings. The molecule has 1 aliphatic heterocycles. The molecular weight excluding hydrogens is 262 g/mol. The Bertz CT molecular complexity index is 637. The summed E-state index contributed by atoms with van der Waals surface area (Å²) in [5.41, 5.74) is 3.01. The number of aryl methyl sites for hydroxylation is 1. The first-order chi connectivity index (χ1) is 10.2. The third-order valence-electron chi connectivity index (χ3n) is 3.76. The van der Waals surface area contributed by atoms with E-state index in [0.29, 0.717) is 6.54 Å². The highest BCUT2D eigenvalue weighted by molar-refractivity contribution is 5.94. The lowest BCUT2D eigenvalue weighted by Crippen LogP contribution is -2.26. The molecule has 0 aliphatic carbocycles. The van der Waals surface area contributed by atoms with Crippen LogP contribution in [0, 0.1) is 0 Å². The Kier molecular flexibility index (Phi) is 3.91. The number of carbonyl (C=O) groups excluding carboxylic acids is 1. The summed E-state index contributed by atoms with van der Waals surface area (Å²) in [6.07, 6.45) is 2.00.